The summed E-state index contributed by atoms with van der Waals surface area (Å²) in [6.07, 6.45) is -0.874. The topological polar surface area (TPSA) is 53.4 Å². The van der Waals surface area contributed by atoms with Gasteiger partial charge in [0.15, 0.2) is 0 Å². The normalized spacial score (nSPS) is 15.6. The standard InChI is InChI=1S/C23H24F3N5O/c24-23(25,26)20-4-1-2-5-21(20)28-22(32)17-30-14-12-29(13-15-30)16-18-6-8-19(9-7-18)31-11-3-10-27-31/h1-11H,12-17H2,(H,28,32). The SMILES string of the molecule is O=C(CN1CCN(Cc2ccc(-n3cccn3)cc2)CC1)Nc1ccccc1C(F)(F)F. The van der Waals surface area contributed by atoms with Gasteiger partial charge in [-0.15, -0.1) is 0 Å². The number of piperazine rings is 1. The Morgan fingerprint density at radius 3 is 2.28 bits per heavy atom. The number of amides is 1. The molecule has 0 spiro atoms. The van der Waals surface area contributed by atoms with Crippen LogP contribution < -0.4 is 5.32 Å². The molecule has 6 nitrogen and oxygen atoms in total. The molecule has 0 bridgehead atoms. The number of hydrogen-bond donors (Lipinski definition) is 1. The van der Waals surface area contributed by atoms with Crippen LogP contribution in [0.2, 0.25) is 0 Å². The summed E-state index contributed by atoms with van der Waals surface area (Å²) in [6.45, 7) is 3.80. The zero-order chi connectivity index (χ0) is 22.6. The number of alkyl halides is 3. The van der Waals surface area contributed by atoms with E-state index in [-0.39, 0.29) is 12.2 Å². The van der Waals surface area contributed by atoms with Gasteiger partial charge >= 0.3 is 6.18 Å². The van der Waals surface area contributed by atoms with E-state index in [4.69, 9.17) is 0 Å². The van der Waals surface area contributed by atoms with Crippen molar-refractivity contribution in [3.63, 3.8) is 0 Å². The summed E-state index contributed by atoms with van der Waals surface area (Å²) in [5, 5.41) is 6.63. The molecule has 1 amide bonds. The Hall–Kier alpha value is -3.17. The first kappa shape index (κ1) is 22.0. The fraction of sp³-hybridized carbons (Fsp3) is 0.304. The van der Waals surface area contributed by atoms with Gasteiger partial charge in [0.1, 0.15) is 0 Å². The molecule has 1 aromatic heterocycles. The Balaban J connectivity index is 1.25. The Labute approximate surface area is 184 Å². The van der Waals surface area contributed by atoms with E-state index in [1.807, 2.05) is 29.3 Å². The second-order valence-electron chi connectivity index (χ2n) is 7.76. The fourth-order valence-electron chi connectivity index (χ4n) is 3.77. The molecule has 32 heavy (non-hydrogen) atoms. The van der Waals surface area contributed by atoms with Crippen LogP contribution in [0.25, 0.3) is 5.69 Å². The van der Waals surface area contributed by atoms with Gasteiger partial charge in [-0.3, -0.25) is 14.6 Å². The third kappa shape index (κ3) is 5.54. The number of hydrogen-bond acceptors (Lipinski definition) is 4. The highest BCUT2D eigenvalue weighted by Gasteiger charge is 2.33. The monoisotopic (exact) mass is 443 g/mol. The van der Waals surface area contributed by atoms with Crippen LogP contribution in [0.4, 0.5) is 18.9 Å². The minimum absolute atomic E-state index is 0.0681. The molecule has 1 aliphatic heterocycles. The molecule has 4 rings (SSSR count). The number of carbonyl (C=O) groups is 1. The van der Waals surface area contributed by atoms with Crippen LogP contribution in [0.3, 0.4) is 0 Å². The molecular formula is C23H24F3N5O. The number of halogens is 3. The second kappa shape index (κ2) is 9.54. The van der Waals surface area contributed by atoms with Crippen molar-refractivity contribution in [1.82, 2.24) is 19.6 Å². The third-order valence-corrected chi connectivity index (χ3v) is 5.45. The van der Waals surface area contributed by atoms with Crippen molar-refractivity contribution in [2.75, 3.05) is 38.0 Å². The maximum atomic E-state index is 13.1. The molecule has 0 unspecified atom stereocenters. The smallest absolute Gasteiger partial charge is 0.324 e. The summed E-state index contributed by atoms with van der Waals surface area (Å²) in [5.41, 5.74) is 1.15. The summed E-state index contributed by atoms with van der Waals surface area (Å²) in [4.78, 5) is 16.6. The maximum Gasteiger partial charge on any atom is 0.418 e. The Kier molecular flexibility index (Phi) is 6.57. The van der Waals surface area contributed by atoms with Crippen molar-refractivity contribution < 1.29 is 18.0 Å². The van der Waals surface area contributed by atoms with E-state index in [1.54, 1.807) is 10.9 Å². The lowest BCUT2D eigenvalue weighted by Gasteiger charge is -2.34. The van der Waals surface area contributed by atoms with Crippen molar-refractivity contribution >= 4 is 11.6 Å². The van der Waals surface area contributed by atoms with Gasteiger partial charge in [0.2, 0.25) is 5.91 Å². The summed E-state index contributed by atoms with van der Waals surface area (Å²) in [5.74, 6) is -0.440. The molecule has 9 heteroatoms. The highest BCUT2D eigenvalue weighted by Crippen LogP contribution is 2.34. The highest BCUT2D eigenvalue weighted by atomic mass is 19.4. The van der Waals surface area contributed by atoms with Crippen LogP contribution in [0.5, 0.6) is 0 Å². The molecule has 0 radical (unpaired) electrons. The molecular weight excluding hydrogens is 419 g/mol. The van der Waals surface area contributed by atoms with Crippen LogP contribution in [0.15, 0.2) is 67.0 Å². The first-order valence-corrected chi connectivity index (χ1v) is 10.4. The summed E-state index contributed by atoms with van der Waals surface area (Å²) >= 11 is 0. The quantitative estimate of drug-likeness (QED) is 0.632. The molecule has 1 aliphatic rings. The molecule has 2 heterocycles. The summed E-state index contributed by atoms with van der Waals surface area (Å²) < 4.78 is 41.1. The maximum absolute atomic E-state index is 13.1. The summed E-state index contributed by atoms with van der Waals surface area (Å²) in [6, 6.07) is 15.1. The molecule has 2 aromatic carbocycles. The Morgan fingerprint density at radius 1 is 0.938 bits per heavy atom. The van der Waals surface area contributed by atoms with Gasteiger partial charge < -0.3 is 5.32 Å². The lowest BCUT2D eigenvalue weighted by molar-refractivity contribution is -0.137. The van der Waals surface area contributed by atoms with Crippen LogP contribution >= 0.6 is 0 Å². The van der Waals surface area contributed by atoms with Gasteiger partial charge in [-0.1, -0.05) is 24.3 Å². The van der Waals surface area contributed by atoms with Gasteiger partial charge in [-0.2, -0.15) is 18.3 Å². The van der Waals surface area contributed by atoms with Crippen molar-refractivity contribution in [3.8, 4) is 5.69 Å². The zero-order valence-electron chi connectivity index (χ0n) is 17.4. The number of aromatic nitrogens is 2. The van der Waals surface area contributed by atoms with Gasteiger partial charge in [-0.25, -0.2) is 4.68 Å². The lowest BCUT2D eigenvalue weighted by Crippen LogP contribution is -2.48. The van der Waals surface area contributed by atoms with Crippen molar-refractivity contribution in [2.45, 2.75) is 12.7 Å². The van der Waals surface area contributed by atoms with Crippen LogP contribution in [-0.4, -0.2) is 58.2 Å². The number of rotatable bonds is 6. The molecule has 168 valence electrons. The number of nitrogens with one attached hydrogen (secondary N) is 1. The second-order valence-corrected chi connectivity index (χ2v) is 7.76. The molecule has 1 N–H and O–H groups in total. The third-order valence-electron chi connectivity index (χ3n) is 5.45. The van der Waals surface area contributed by atoms with Crippen molar-refractivity contribution in [2.24, 2.45) is 0 Å². The number of benzene rings is 2. The van der Waals surface area contributed by atoms with E-state index >= 15 is 0 Å². The molecule has 0 aliphatic carbocycles. The fourth-order valence-corrected chi connectivity index (χ4v) is 3.77. The number of carbonyl (C=O) groups excluding carboxylic acids is 1. The zero-order valence-corrected chi connectivity index (χ0v) is 17.4. The first-order valence-electron chi connectivity index (χ1n) is 10.4. The van der Waals surface area contributed by atoms with Gasteiger partial charge in [0.25, 0.3) is 0 Å². The van der Waals surface area contributed by atoms with E-state index in [0.717, 1.165) is 31.4 Å². The average molecular weight is 443 g/mol. The largest absolute Gasteiger partial charge is 0.418 e. The number of anilines is 1. The molecule has 3 aromatic rings. The average Bonchev–Trinajstić information content (AvgIpc) is 3.30. The minimum atomic E-state index is -4.51. The van der Waals surface area contributed by atoms with Crippen molar-refractivity contribution in [1.29, 1.82) is 0 Å². The highest BCUT2D eigenvalue weighted by molar-refractivity contribution is 5.93. The number of nitrogens with zero attached hydrogens (tertiary/aromatic N) is 4. The van der Waals surface area contributed by atoms with Crippen LogP contribution in [0.1, 0.15) is 11.1 Å². The molecule has 1 fully saturated rings. The first-order chi connectivity index (χ1) is 15.4. The molecule has 1 saturated heterocycles. The van der Waals surface area contributed by atoms with E-state index < -0.39 is 17.6 Å². The van der Waals surface area contributed by atoms with Gasteiger partial charge in [0.05, 0.1) is 23.5 Å². The predicted octanol–water partition coefficient (Wildman–Crippen LogP) is 3.65. The van der Waals surface area contributed by atoms with E-state index in [9.17, 15) is 18.0 Å². The summed E-state index contributed by atoms with van der Waals surface area (Å²) in [7, 11) is 0. The Bertz CT molecular complexity index is 1030. The van der Waals surface area contributed by atoms with Crippen molar-refractivity contribution in [3.05, 3.63) is 78.1 Å². The van der Waals surface area contributed by atoms with Crippen LogP contribution in [0, 0.1) is 0 Å². The van der Waals surface area contributed by atoms with E-state index in [0.29, 0.717) is 13.1 Å². The Morgan fingerprint density at radius 2 is 1.62 bits per heavy atom. The van der Waals surface area contributed by atoms with Crippen LogP contribution in [-0.2, 0) is 17.5 Å². The molecule has 0 saturated carbocycles. The van der Waals surface area contributed by atoms with E-state index in [2.05, 4.69) is 27.4 Å². The predicted molar refractivity (Wildman–Crippen MR) is 115 cm³/mol. The van der Waals surface area contributed by atoms with Gasteiger partial charge in [-0.05, 0) is 35.9 Å². The lowest BCUT2D eigenvalue weighted by atomic mass is 10.1. The van der Waals surface area contributed by atoms with E-state index in [1.165, 1.54) is 23.8 Å². The minimum Gasteiger partial charge on any atom is -0.324 e. The number of para-hydroxylation sites is 1. The molecule has 0 atom stereocenters. The van der Waals surface area contributed by atoms with Gasteiger partial charge in [0, 0.05) is 45.1 Å².